The maximum Gasteiger partial charge on any atom is 0.222 e. The van der Waals surface area contributed by atoms with E-state index >= 15 is 0 Å². The molecule has 19 heavy (non-hydrogen) atoms. The zero-order valence-corrected chi connectivity index (χ0v) is 11.5. The minimum atomic E-state index is -0.663. The molecule has 0 aromatic carbocycles. The fraction of sp³-hybridized carbons (Fsp3) is 0.538. The van der Waals surface area contributed by atoms with E-state index in [1.807, 2.05) is 16.8 Å². The summed E-state index contributed by atoms with van der Waals surface area (Å²) in [6.07, 6.45) is 1.11. The molecule has 6 heteroatoms. The molecular formula is C13H18N2O3S. The van der Waals surface area contributed by atoms with Crippen LogP contribution in [0.3, 0.4) is 0 Å². The molecule has 2 amide bonds. The molecule has 1 aromatic heterocycles. The molecule has 2 heterocycles. The molecule has 1 aromatic rings. The molecule has 1 saturated heterocycles. The number of nitrogens with zero attached hydrogens (tertiary/aromatic N) is 1. The molecular weight excluding hydrogens is 264 g/mol. The van der Waals surface area contributed by atoms with E-state index in [2.05, 4.69) is 5.32 Å². The Kier molecular flexibility index (Phi) is 4.93. The number of thiophene rings is 1. The number of amides is 2. The van der Waals surface area contributed by atoms with Crippen molar-refractivity contribution in [3.8, 4) is 0 Å². The highest BCUT2D eigenvalue weighted by molar-refractivity contribution is 7.07. The third-order valence-electron chi connectivity index (χ3n) is 3.20. The van der Waals surface area contributed by atoms with E-state index in [-0.39, 0.29) is 18.4 Å². The Morgan fingerprint density at radius 2 is 2.42 bits per heavy atom. The SMILES string of the molecule is O=C(CCN1CCCC1=O)NCC(O)c1ccsc1. The van der Waals surface area contributed by atoms with Crippen LogP contribution in [0.4, 0.5) is 0 Å². The van der Waals surface area contributed by atoms with Gasteiger partial charge in [0, 0.05) is 32.5 Å². The second-order valence-corrected chi connectivity index (χ2v) is 5.39. The largest absolute Gasteiger partial charge is 0.387 e. The van der Waals surface area contributed by atoms with Crippen LogP contribution in [0.15, 0.2) is 16.8 Å². The molecule has 2 N–H and O–H groups in total. The quantitative estimate of drug-likeness (QED) is 0.815. The van der Waals surface area contributed by atoms with Crippen molar-refractivity contribution in [2.75, 3.05) is 19.6 Å². The smallest absolute Gasteiger partial charge is 0.222 e. The van der Waals surface area contributed by atoms with Gasteiger partial charge in [-0.25, -0.2) is 0 Å². The summed E-state index contributed by atoms with van der Waals surface area (Å²) < 4.78 is 0. The highest BCUT2D eigenvalue weighted by Crippen LogP contribution is 2.15. The second kappa shape index (κ2) is 6.68. The molecule has 0 aliphatic carbocycles. The van der Waals surface area contributed by atoms with Crippen molar-refractivity contribution >= 4 is 23.2 Å². The van der Waals surface area contributed by atoms with Gasteiger partial charge in [-0.2, -0.15) is 11.3 Å². The van der Waals surface area contributed by atoms with Gasteiger partial charge in [0.2, 0.25) is 11.8 Å². The normalized spacial score (nSPS) is 16.7. The zero-order chi connectivity index (χ0) is 13.7. The van der Waals surface area contributed by atoms with Gasteiger partial charge >= 0.3 is 0 Å². The third kappa shape index (κ3) is 4.04. The molecule has 0 saturated carbocycles. The molecule has 104 valence electrons. The lowest BCUT2D eigenvalue weighted by Crippen LogP contribution is -2.33. The second-order valence-electron chi connectivity index (χ2n) is 4.61. The Balaban J connectivity index is 1.66. The first kappa shape index (κ1) is 14.0. The van der Waals surface area contributed by atoms with Gasteiger partial charge in [0.1, 0.15) is 0 Å². The Bertz CT molecular complexity index is 433. The van der Waals surface area contributed by atoms with Gasteiger partial charge in [0.15, 0.2) is 0 Å². The average molecular weight is 282 g/mol. The number of hydrogen-bond donors (Lipinski definition) is 2. The van der Waals surface area contributed by atoms with Crippen LogP contribution >= 0.6 is 11.3 Å². The first-order valence-corrected chi connectivity index (χ1v) is 7.35. The lowest BCUT2D eigenvalue weighted by Gasteiger charge is -2.15. The number of rotatable bonds is 6. The predicted octanol–water partition coefficient (Wildman–Crippen LogP) is 0.910. The molecule has 1 atom stereocenters. The van der Waals surface area contributed by atoms with Crippen molar-refractivity contribution in [1.82, 2.24) is 10.2 Å². The lowest BCUT2D eigenvalue weighted by atomic mass is 10.2. The van der Waals surface area contributed by atoms with E-state index in [1.165, 1.54) is 11.3 Å². The van der Waals surface area contributed by atoms with Crippen molar-refractivity contribution in [3.05, 3.63) is 22.4 Å². The maximum absolute atomic E-state index is 11.6. The fourth-order valence-electron chi connectivity index (χ4n) is 2.06. The summed E-state index contributed by atoms with van der Waals surface area (Å²) in [6.45, 7) is 1.44. The molecule has 0 spiro atoms. The van der Waals surface area contributed by atoms with Crippen LogP contribution < -0.4 is 5.32 Å². The number of likely N-dealkylation sites (tertiary alicyclic amines) is 1. The number of aliphatic hydroxyl groups is 1. The first-order valence-electron chi connectivity index (χ1n) is 6.41. The predicted molar refractivity (Wildman–Crippen MR) is 72.7 cm³/mol. The number of carbonyl (C=O) groups excluding carboxylic acids is 2. The van der Waals surface area contributed by atoms with E-state index in [9.17, 15) is 14.7 Å². The summed E-state index contributed by atoms with van der Waals surface area (Å²) in [5.41, 5.74) is 0.819. The summed E-state index contributed by atoms with van der Waals surface area (Å²) in [4.78, 5) is 24.7. The Morgan fingerprint density at radius 3 is 3.05 bits per heavy atom. The highest BCUT2D eigenvalue weighted by atomic mass is 32.1. The van der Waals surface area contributed by atoms with Crippen LogP contribution in [-0.2, 0) is 9.59 Å². The van der Waals surface area contributed by atoms with Crippen LogP contribution in [-0.4, -0.2) is 41.5 Å². The van der Waals surface area contributed by atoms with Gasteiger partial charge in [0.25, 0.3) is 0 Å². The van der Waals surface area contributed by atoms with Crippen molar-refractivity contribution in [1.29, 1.82) is 0 Å². The first-order chi connectivity index (χ1) is 9.16. The lowest BCUT2D eigenvalue weighted by molar-refractivity contribution is -0.128. The van der Waals surface area contributed by atoms with Crippen LogP contribution in [0.5, 0.6) is 0 Å². The van der Waals surface area contributed by atoms with Gasteiger partial charge in [-0.1, -0.05) is 0 Å². The molecule has 2 rings (SSSR count). The van der Waals surface area contributed by atoms with Crippen molar-refractivity contribution in [2.45, 2.75) is 25.4 Å². The number of aliphatic hydroxyl groups excluding tert-OH is 1. The van der Waals surface area contributed by atoms with E-state index in [0.29, 0.717) is 19.4 Å². The zero-order valence-electron chi connectivity index (χ0n) is 10.7. The van der Waals surface area contributed by atoms with Crippen LogP contribution in [0.25, 0.3) is 0 Å². The van der Waals surface area contributed by atoms with Crippen molar-refractivity contribution in [3.63, 3.8) is 0 Å². The topological polar surface area (TPSA) is 69.6 Å². The van der Waals surface area contributed by atoms with Gasteiger partial charge in [-0.05, 0) is 28.8 Å². The standard InChI is InChI=1S/C13H18N2O3S/c16-11(10-4-7-19-9-10)8-14-12(17)3-6-15-5-1-2-13(15)18/h4,7,9,11,16H,1-3,5-6,8H2,(H,14,17). The van der Waals surface area contributed by atoms with Gasteiger partial charge in [0.05, 0.1) is 6.10 Å². The maximum atomic E-state index is 11.6. The molecule has 0 bridgehead atoms. The van der Waals surface area contributed by atoms with E-state index in [1.54, 1.807) is 4.90 Å². The molecule has 0 radical (unpaired) electrons. The summed E-state index contributed by atoms with van der Waals surface area (Å²) in [5, 5.41) is 16.2. The Morgan fingerprint density at radius 1 is 1.58 bits per heavy atom. The van der Waals surface area contributed by atoms with E-state index in [4.69, 9.17) is 0 Å². The number of nitrogens with one attached hydrogen (secondary N) is 1. The molecule has 1 aliphatic heterocycles. The molecule has 1 unspecified atom stereocenters. The minimum absolute atomic E-state index is 0.131. The number of carbonyl (C=O) groups is 2. The highest BCUT2D eigenvalue weighted by Gasteiger charge is 2.20. The molecule has 5 nitrogen and oxygen atoms in total. The Hall–Kier alpha value is -1.40. The van der Waals surface area contributed by atoms with Gasteiger partial charge in [-0.15, -0.1) is 0 Å². The van der Waals surface area contributed by atoms with E-state index < -0.39 is 6.10 Å². The van der Waals surface area contributed by atoms with Gasteiger partial charge in [-0.3, -0.25) is 9.59 Å². The van der Waals surface area contributed by atoms with Crippen LogP contribution in [0.2, 0.25) is 0 Å². The fourth-order valence-corrected chi connectivity index (χ4v) is 2.77. The summed E-state index contributed by atoms with van der Waals surface area (Å²) in [5.74, 6) is 0.0000810. The average Bonchev–Trinajstić information content (AvgIpc) is 3.05. The summed E-state index contributed by atoms with van der Waals surface area (Å²) in [6, 6.07) is 1.84. The van der Waals surface area contributed by atoms with Crippen LogP contribution in [0, 0.1) is 0 Å². The summed E-state index contributed by atoms with van der Waals surface area (Å²) in [7, 11) is 0. The summed E-state index contributed by atoms with van der Waals surface area (Å²) >= 11 is 1.51. The molecule has 1 fully saturated rings. The number of hydrogen-bond acceptors (Lipinski definition) is 4. The van der Waals surface area contributed by atoms with Crippen molar-refractivity contribution in [2.24, 2.45) is 0 Å². The van der Waals surface area contributed by atoms with Gasteiger partial charge < -0.3 is 15.3 Å². The minimum Gasteiger partial charge on any atom is -0.387 e. The van der Waals surface area contributed by atoms with E-state index in [0.717, 1.165) is 18.5 Å². The molecule has 1 aliphatic rings. The van der Waals surface area contributed by atoms with Crippen molar-refractivity contribution < 1.29 is 14.7 Å². The monoisotopic (exact) mass is 282 g/mol. The van der Waals surface area contributed by atoms with Crippen LogP contribution in [0.1, 0.15) is 30.9 Å². The Labute approximate surface area is 116 Å². The third-order valence-corrected chi connectivity index (χ3v) is 3.90.